The molecule has 11 aromatic rings. The summed E-state index contributed by atoms with van der Waals surface area (Å²) in [5.74, 6) is 0. The first-order chi connectivity index (χ1) is 24.2. The molecule has 0 N–H and O–H groups in total. The third-order valence-electron chi connectivity index (χ3n) is 9.50. The first kappa shape index (κ1) is 27.8. The summed E-state index contributed by atoms with van der Waals surface area (Å²) in [7, 11) is 0. The van der Waals surface area contributed by atoms with Crippen molar-refractivity contribution in [2.75, 3.05) is 4.90 Å². The van der Waals surface area contributed by atoms with Gasteiger partial charge in [-0.25, -0.2) is 4.98 Å². The highest BCUT2D eigenvalue weighted by atomic mass is 32.1. The summed E-state index contributed by atoms with van der Waals surface area (Å²) in [6.07, 6.45) is 0. The molecule has 0 unspecified atom stereocenters. The van der Waals surface area contributed by atoms with Crippen LogP contribution in [0.1, 0.15) is 0 Å². The van der Waals surface area contributed by atoms with Gasteiger partial charge in [0.25, 0.3) is 0 Å². The Hall–Kier alpha value is -5.11. The average molecular weight is 697 g/mol. The lowest BCUT2D eigenvalue weighted by atomic mass is 10.1. The van der Waals surface area contributed by atoms with Crippen molar-refractivity contribution in [1.29, 1.82) is 0 Å². The maximum atomic E-state index is 5.20. The van der Waals surface area contributed by atoms with Gasteiger partial charge in [0.1, 0.15) is 5.01 Å². The van der Waals surface area contributed by atoms with E-state index in [0.29, 0.717) is 0 Å². The number of anilines is 3. The Morgan fingerprint density at radius 3 is 1.49 bits per heavy atom. The standard InChI is InChI=1S/C43H24N2S4/c1-2-8-25(9-3-1)43-44-42-37(49-43)21-20-36-41(42)33-19-16-28(24-40(33)48-36)45(26-14-17-31-29-10-4-6-12-34(29)46-38(31)22-26)27-15-18-32-30-11-5-7-13-35(30)47-39(32)23-27/h1-24H. The van der Waals surface area contributed by atoms with E-state index in [4.69, 9.17) is 4.98 Å². The third-order valence-corrected chi connectivity index (χ3v) is 14.0. The molecule has 0 aliphatic carbocycles. The average Bonchev–Trinajstić information content (AvgIpc) is 3.92. The molecular weight excluding hydrogens is 673 g/mol. The maximum absolute atomic E-state index is 5.20. The molecule has 0 aliphatic heterocycles. The zero-order valence-electron chi connectivity index (χ0n) is 25.9. The Morgan fingerprint density at radius 1 is 0.367 bits per heavy atom. The number of fused-ring (bicyclic) bond motifs is 11. The fourth-order valence-corrected chi connectivity index (χ4v) is 11.6. The van der Waals surface area contributed by atoms with Crippen molar-refractivity contribution < 1.29 is 0 Å². The summed E-state index contributed by atoms with van der Waals surface area (Å²) in [5, 5.41) is 8.85. The summed E-state index contributed by atoms with van der Waals surface area (Å²) in [5.41, 5.74) is 5.74. The minimum Gasteiger partial charge on any atom is -0.310 e. The molecule has 49 heavy (non-hydrogen) atoms. The normalized spacial score (nSPS) is 12.1. The second-order valence-electron chi connectivity index (χ2n) is 12.3. The van der Waals surface area contributed by atoms with E-state index in [9.17, 15) is 0 Å². The van der Waals surface area contributed by atoms with Gasteiger partial charge >= 0.3 is 0 Å². The van der Waals surface area contributed by atoms with Gasteiger partial charge in [-0.2, -0.15) is 0 Å². The van der Waals surface area contributed by atoms with Crippen LogP contribution in [0.5, 0.6) is 0 Å². The molecule has 4 aromatic heterocycles. The zero-order chi connectivity index (χ0) is 32.1. The van der Waals surface area contributed by atoms with Crippen LogP contribution in [0.2, 0.25) is 0 Å². The van der Waals surface area contributed by atoms with Crippen LogP contribution in [0.4, 0.5) is 17.1 Å². The Morgan fingerprint density at radius 2 is 0.857 bits per heavy atom. The van der Waals surface area contributed by atoms with Crippen LogP contribution in [-0.4, -0.2) is 4.98 Å². The molecular formula is C43H24N2S4. The molecule has 0 amide bonds. The largest absolute Gasteiger partial charge is 0.310 e. The van der Waals surface area contributed by atoms with Crippen molar-refractivity contribution >= 4 is 133 Å². The second-order valence-corrected chi connectivity index (χ2v) is 16.6. The van der Waals surface area contributed by atoms with Crippen molar-refractivity contribution in [3.63, 3.8) is 0 Å². The molecule has 0 spiro atoms. The van der Waals surface area contributed by atoms with E-state index in [-0.39, 0.29) is 0 Å². The Kier molecular flexibility index (Phi) is 6.07. The van der Waals surface area contributed by atoms with E-state index in [1.807, 2.05) is 34.0 Å². The summed E-state index contributed by atoms with van der Waals surface area (Å²) < 4.78 is 9.01. The van der Waals surface area contributed by atoms with E-state index >= 15 is 0 Å². The molecule has 0 bridgehead atoms. The smallest absolute Gasteiger partial charge is 0.124 e. The predicted octanol–water partition coefficient (Wildman–Crippen LogP) is 14.5. The Bertz CT molecular complexity index is 2960. The van der Waals surface area contributed by atoms with Crippen molar-refractivity contribution in [3.05, 3.63) is 146 Å². The molecule has 0 saturated carbocycles. The van der Waals surface area contributed by atoms with Crippen LogP contribution in [0, 0.1) is 0 Å². The topological polar surface area (TPSA) is 16.1 Å². The molecule has 6 heteroatoms. The number of thiazole rings is 1. The van der Waals surface area contributed by atoms with Gasteiger partial charge in [-0.05, 0) is 60.7 Å². The number of rotatable bonds is 4. The number of aromatic nitrogens is 1. The van der Waals surface area contributed by atoms with Crippen LogP contribution in [0.3, 0.4) is 0 Å². The molecule has 0 aliphatic rings. The van der Waals surface area contributed by atoms with Gasteiger partial charge in [0.15, 0.2) is 0 Å². The van der Waals surface area contributed by atoms with Crippen LogP contribution < -0.4 is 4.90 Å². The van der Waals surface area contributed by atoms with Gasteiger partial charge in [-0.1, -0.05) is 84.9 Å². The number of hydrogen-bond acceptors (Lipinski definition) is 6. The van der Waals surface area contributed by atoms with Crippen LogP contribution in [0.15, 0.2) is 146 Å². The third kappa shape index (κ3) is 4.32. The first-order valence-corrected chi connectivity index (χ1v) is 19.5. The van der Waals surface area contributed by atoms with E-state index in [1.54, 1.807) is 11.3 Å². The molecule has 0 radical (unpaired) electrons. The zero-order valence-corrected chi connectivity index (χ0v) is 29.1. The lowest BCUT2D eigenvalue weighted by Crippen LogP contribution is -2.09. The van der Waals surface area contributed by atoms with Gasteiger partial charge in [0.05, 0.1) is 10.2 Å². The van der Waals surface area contributed by atoms with Gasteiger partial charge in [-0.15, -0.1) is 45.3 Å². The van der Waals surface area contributed by atoms with E-state index < -0.39 is 0 Å². The number of thiophene rings is 3. The molecule has 0 saturated heterocycles. The van der Waals surface area contributed by atoms with Crippen LogP contribution in [0.25, 0.3) is 81.3 Å². The summed E-state index contributed by atoms with van der Waals surface area (Å²) >= 11 is 7.36. The van der Waals surface area contributed by atoms with E-state index in [2.05, 4.69) is 150 Å². The van der Waals surface area contributed by atoms with Crippen LogP contribution in [-0.2, 0) is 0 Å². The summed E-state index contributed by atoms with van der Waals surface area (Å²) in [6, 6.07) is 53.4. The lowest BCUT2D eigenvalue weighted by molar-refractivity contribution is 1.30. The quantitative estimate of drug-likeness (QED) is 0.182. The van der Waals surface area contributed by atoms with E-state index in [1.165, 1.54) is 70.8 Å². The summed E-state index contributed by atoms with van der Waals surface area (Å²) in [6.45, 7) is 0. The van der Waals surface area contributed by atoms with Gasteiger partial charge in [0, 0.05) is 83.1 Å². The van der Waals surface area contributed by atoms with E-state index in [0.717, 1.165) is 27.6 Å². The predicted molar refractivity (Wildman–Crippen MR) is 218 cm³/mol. The van der Waals surface area contributed by atoms with Crippen molar-refractivity contribution in [3.8, 4) is 10.6 Å². The monoisotopic (exact) mass is 696 g/mol. The Labute approximate surface area is 297 Å². The molecule has 0 fully saturated rings. The summed E-state index contributed by atoms with van der Waals surface area (Å²) in [4.78, 5) is 7.63. The van der Waals surface area contributed by atoms with Crippen molar-refractivity contribution in [2.45, 2.75) is 0 Å². The SMILES string of the molecule is c1ccc(-c2nc3c(ccc4sc5cc(N(c6ccc7c(c6)sc6ccccc67)c6ccc7c(c6)sc6ccccc67)ccc5c43)s2)cc1. The second kappa shape index (κ2) is 10.7. The Balaban J connectivity index is 1.11. The maximum Gasteiger partial charge on any atom is 0.124 e. The minimum atomic E-state index is 1.07. The number of nitrogens with zero attached hydrogens (tertiary/aromatic N) is 2. The highest BCUT2D eigenvalue weighted by Crippen LogP contribution is 2.46. The van der Waals surface area contributed by atoms with Gasteiger partial charge in [-0.3, -0.25) is 0 Å². The first-order valence-electron chi connectivity index (χ1n) is 16.2. The van der Waals surface area contributed by atoms with Gasteiger partial charge < -0.3 is 4.90 Å². The minimum absolute atomic E-state index is 1.07. The molecule has 4 heterocycles. The molecule has 11 rings (SSSR count). The highest BCUT2D eigenvalue weighted by Gasteiger charge is 2.19. The number of hydrogen-bond donors (Lipinski definition) is 0. The molecule has 7 aromatic carbocycles. The van der Waals surface area contributed by atoms with Crippen LogP contribution >= 0.6 is 45.3 Å². The van der Waals surface area contributed by atoms with Crippen molar-refractivity contribution in [2.24, 2.45) is 0 Å². The molecule has 230 valence electrons. The fraction of sp³-hybridized carbons (Fsp3) is 0. The number of benzene rings is 7. The molecule has 2 nitrogen and oxygen atoms in total. The lowest BCUT2D eigenvalue weighted by Gasteiger charge is -2.26. The fourth-order valence-electron chi connectivity index (χ4n) is 7.24. The highest BCUT2D eigenvalue weighted by molar-refractivity contribution is 7.27. The molecule has 0 atom stereocenters. The van der Waals surface area contributed by atoms with Crippen molar-refractivity contribution in [1.82, 2.24) is 4.98 Å². The van der Waals surface area contributed by atoms with Gasteiger partial charge in [0.2, 0.25) is 0 Å².